The van der Waals surface area contributed by atoms with Crippen molar-refractivity contribution in [2.45, 2.75) is 13.2 Å². The number of benzene rings is 3. The predicted molar refractivity (Wildman–Crippen MR) is 152 cm³/mol. The summed E-state index contributed by atoms with van der Waals surface area (Å²) in [6, 6.07) is 21.6. The lowest BCUT2D eigenvalue weighted by Crippen LogP contribution is -2.33. The van der Waals surface area contributed by atoms with Crippen LogP contribution in [-0.4, -0.2) is 27.3 Å². The SMILES string of the molecule is O=C(O)/C=C/S1=C2C(=C(Nc3ccc(OCc4cccc(F)c4)c(Cl)c3)N=CN2Cc2ccccc2)C=C1. The molecule has 3 aromatic carbocycles. The van der Waals surface area contributed by atoms with Gasteiger partial charge in [-0.2, -0.15) is 0 Å². The van der Waals surface area contributed by atoms with E-state index in [0.29, 0.717) is 34.4 Å². The number of nitrogens with one attached hydrogen (secondary N) is 1. The minimum Gasteiger partial charge on any atom is -0.487 e. The van der Waals surface area contributed by atoms with E-state index < -0.39 is 16.5 Å². The zero-order valence-electron chi connectivity index (χ0n) is 20.1. The molecule has 2 aliphatic rings. The molecule has 1 atom stereocenters. The number of halogens is 2. The van der Waals surface area contributed by atoms with Gasteiger partial charge in [-0.3, -0.25) is 0 Å². The Kier molecular flexibility index (Phi) is 7.72. The summed E-state index contributed by atoms with van der Waals surface area (Å²) < 4.78 is 19.2. The van der Waals surface area contributed by atoms with Gasteiger partial charge < -0.3 is 20.1 Å². The third-order valence-electron chi connectivity index (χ3n) is 5.71. The van der Waals surface area contributed by atoms with Crippen LogP contribution in [0.4, 0.5) is 10.1 Å². The topological polar surface area (TPSA) is 74.2 Å². The Morgan fingerprint density at radius 2 is 1.92 bits per heavy atom. The van der Waals surface area contributed by atoms with Crippen molar-refractivity contribution < 1.29 is 19.0 Å². The monoisotopic (exact) mass is 547 g/mol. The van der Waals surface area contributed by atoms with Gasteiger partial charge in [0.05, 0.1) is 16.3 Å². The number of carbonyl (C=O) groups is 1. The lowest BCUT2D eigenvalue weighted by Gasteiger charge is -2.28. The maximum Gasteiger partial charge on any atom is 0.328 e. The van der Waals surface area contributed by atoms with Crippen LogP contribution in [0.2, 0.25) is 5.02 Å². The molecule has 0 aromatic heterocycles. The van der Waals surface area contributed by atoms with Crippen molar-refractivity contribution in [2.24, 2.45) is 4.99 Å². The van der Waals surface area contributed by atoms with Crippen molar-refractivity contribution in [3.63, 3.8) is 0 Å². The van der Waals surface area contributed by atoms with Crippen LogP contribution in [0.1, 0.15) is 11.1 Å². The molecule has 6 nitrogen and oxygen atoms in total. The van der Waals surface area contributed by atoms with Gasteiger partial charge >= 0.3 is 5.97 Å². The molecule has 192 valence electrons. The second-order valence-electron chi connectivity index (χ2n) is 8.43. The molecule has 2 aliphatic heterocycles. The van der Waals surface area contributed by atoms with Crippen LogP contribution in [0.5, 0.6) is 5.75 Å². The highest BCUT2D eigenvalue weighted by atomic mass is 35.5. The third-order valence-corrected chi connectivity index (χ3v) is 7.76. The van der Waals surface area contributed by atoms with E-state index >= 15 is 0 Å². The Hall–Kier alpha value is -4.14. The van der Waals surface area contributed by atoms with Crippen molar-refractivity contribution in [3.05, 3.63) is 129 Å². The molecule has 0 amide bonds. The van der Waals surface area contributed by atoms with Crippen molar-refractivity contribution in [3.8, 4) is 5.75 Å². The number of hydrogen-bond donors (Lipinski definition) is 2. The van der Waals surface area contributed by atoms with E-state index in [1.807, 2.05) is 52.8 Å². The maximum atomic E-state index is 13.4. The predicted octanol–water partition coefficient (Wildman–Crippen LogP) is 6.75. The molecule has 1 unspecified atom stereocenters. The van der Waals surface area contributed by atoms with Crippen molar-refractivity contribution in [1.29, 1.82) is 0 Å². The first kappa shape index (κ1) is 25.5. The quantitative estimate of drug-likeness (QED) is 0.229. The summed E-state index contributed by atoms with van der Waals surface area (Å²) in [5.74, 6) is -0.201. The zero-order valence-corrected chi connectivity index (χ0v) is 21.6. The average Bonchev–Trinajstić information content (AvgIpc) is 3.34. The van der Waals surface area contributed by atoms with Gasteiger partial charge in [-0.15, -0.1) is 10.5 Å². The highest BCUT2D eigenvalue weighted by Crippen LogP contribution is 2.37. The molecule has 38 heavy (non-hydrogen) atoms. The first-order valence-corrected chi connectivity index (χ1v) is 13.4. The van der Waals surface area contributed by atoms with E-state index in [1.54, 1.807) is 36.0 Å². The number of nitrogens with zero attached hydrogens (tertiary/aromatic N) is 2. The van der Waals surface area contributed by atoms with Crippen LogP contribution >= 0.6 is 22.1 Å². The molecule has 5 rings (SSSR count). The average molecular weight is 548 g/mol. The molecule has 0 aliphatic carbocycles. The first-order chi connectivity index (χ1) is 18.5. The number of rotatable bonds is 9. The number of anilines is 1. The van der Waals surface area contributed by atoms with Crippen LogP contribution < -0.4 is 10.1 Å². The van der Waals surface area contributed by atoms with E-state index in [9.17, 15) is 9.18 Å². The summed E-state index contributed by atoms with van der Waals surface area (Å²) >= 11 is 6.48. The molecule has 9 heteroatoms. The van der Waals surface area contributed by atoms with Gasteiger partial charge in [0.25, 0.3) is 0 Å². The fourth-order valence-corrected chi connectivity index (χ4v) is 5.91. The smallest absolute Gasteiger partial charge is 0.328 e. The summed E-state index contributed by atoms with van der Waals surface area (Å²) in [6.07, 6.45) is 4.89. The minimum atomic E-state index is -0.990. The largest absolute Gasteiger partial charge is 0.487 e. The minimum absolute atomic E-state index is 0.191. The van der Waals surface area contributed by atoms with Crippen molar-refractivity contribution in [1.82, 2.24) is 4.90 Å². The van der Waals surface area contributed by atoms with Crippen LogP contribution in [0.3, 0.4) is 0 Å². The standard InChI is InChI=1S/C29H23ClFN3O3S/c30-25-16-23(9-10-26(25)37-18-21-7-4-8-22(31)15-21)33-28-24-11-13-38(14-12-27(35)36)29(24)34(19-32-28)17-20-5-2-1-3-6-20/h1-16,19,33H,17-18H2,(H,35,36)/b14-12+. The molecule has 0 saturated heterocycles. The number of ether oxygens (including phenoxy) is 1. The Morgan fingerprint density at radius 1 is 1.11 bits per heavy atom. The molecule has 0 spiro atoms. The van der Waals surface area contributed by atoms with E-state index in [4.69, 9.17) is 21.4 Å². The van der Waals surface area contributed by atoms with Gasteiger partial charge in [0.2, 0.25) is 0 Å². The van der Waals surface area contributed by atoms with Gasteiger partial charge in [0.15, 0.2) is 0 Å². The van der Waals surface area contributed by atoms with Gasteiger partial charge in [-0.25, -0.2) is 14.2 Å². The first-order valence-electron chi connectivity index (χ1n) is 11.7. The lowest BCUT2D eigenvalue weighted by molar-refractivity contribution is -0.131. The highest BCUT2D eigenvalue weighted by molar-refractivity contribution is 8.21. The number of aliphatic imine (C=N–C) groups is 1. The number of carboxylic acid groups (broad SMARTS) is 1. The van der Waals surface area contributed by atoms with Gasteiger partial charge in [-0.1, -0.05) is 54.1 Å². The Bertz CT molecular complexity index is 1530. The number of carboxylic acids is 1. The molecule has 0 bridgehead atoms. The summed E-state index contributed by atoms with van der Waals surface area (Å²) in [5, 5.41) is 16.6. The van der Waals surface area contributed by atoms with Crippen LogP contribution in [-0.2, 0) is 17.9 Å². The molecular weight excluding hydrogens is 525 g/mol. The van der Waals surface area contributed by atoms with Crippen LogP contribution in [0.15, 0.2) is 112 Å². The molecule has 2 heterocycles. The number of hydrogen-bond acceptors (Lipinski definition) is 5. The Morgan fingerprint density at radius 3 is 2.68 bits per heavy atom. The van der Waals surface area contributed by atoms with Gasteiger partial charge in [0, 0.05) is 23.9 Å². The molecule has 2 N–H and O–H groups in total. The summed E-state index contributed by atoms with van der Waals surface area (Å²) in [4.78, 5) is 18.8. The fourth-order valence-electron chi connectivity index (χ4n) is 3.98. The van der Waals surface area contributed by atoms with Crippen molar-refractivity contribution >= 4 is 45.1 Å². The normalized spacial score (nSPS) is 16.3. The van der Waals surface area contributed by atoms with E-state index in [1.165, 1.54) is 18.2 Å². The second kappa shape index (κ2) is 11.5. The van der Waals surface area contributed by atoms with Crippen LogP contribution in [0, 0.1) is 5.82 Å². The van der Waals surface area contributed by atoms with Crippen molar-refractivity contribution in [2.75, 3.05) is 5.32 Å². The maximum absolute atomic E-state index is 13.4. The van der Waals surface area contributed by atoms with Gasteiger partial charge in [-0.05, 0) is 58.4 Å². The van der Waals surface area contributed by atoms with E-state index in [-0.39, 0.29) is 12.4 Å². The van der Waals surface area contributed by atoms with E-state index in [0.717, 1.165) is 16.1 Å². The summed E-state index contributed by atoms with van der Waals surface area (Å²) in [6.45, 7) is 0.794. The van der Waals surface area contributed by atoms with Gasteiger partial charge in [0.1, 0.15) is 24.0 Å². The Labute approximate surface area is 227 Å². The zero-order chi connectivity index (χ0) is 26.5. The number of fused-ring (bicyclic) bond motifs is 1. The Balaban J connectivity index is 1.37. The molecule has 0 saturated carbocycles. The molecule has 3 aromatic rings. The summed E-state index contributed by atoms with van der Waals surface area (Å²) in [5.41, 5.74) is 3.41. The van der Waals surface area contributed by atoms with E-state index in [2.05, 4.69) is 10.3 Å². The second-order valence-corrected chi connectivity index (χ2v) is 10.5. The number of aliphatic carboxylic acids is 1. The lowest BCUT2D eigenvalue weighted by atomic mass is 10.1. The molecule has 0 radical (unpaired) electrons. The highest BCUT2D eigenvalue weighted by Gasteiger charge is 2.26. The van der Waals surface area contributed by atoms with Crippen LogP contribution in [0.25, 0.3) is 0 Å². The summed E-state index contributed by atoms with van der Waals surface area (Å²) in [7, 11) is -0.539. The molecule has 0 fully saturated rings. The third kappa shape index (κ3) is 6.04. The molecular formula is C29H23ClFN3O3S. The fraction of sp³-hybridized carbons (Fsp3) is 0.0690.